The van der Waals surface area contributed by atoms with E-state index in [2.05, 4.69) is 164 Å². The molecule has 1 amide bonds. The number of hydrogen-bond donors (Lipinski definition) is 8. The molecule has 528 valence electrons. The number of carbonyl (C=O) groups excluding carboxylic acids is 3. The molecule has 0 unspecified atom stereocenters. The van der Waals surface area contributed by atoms with Gasteiger partial charge in [-0.1, -0.05) is 140 Å². The van der Waals surface area contributed by atoms with Crippen LogP contribution < -0.4 is 16.0 Å². The van der Waals surface area contributed by atoms with Gasteiger partial charge in [0.05, 0.1) is 27.2 Å². The Balaban J connectivity index is 0.000000147. The molecule has 0 aliphatic carbocycles. The molecule has 0 saturated heterocycles. The molecule has 0 atom stereocenters. The van der Waals surface area contributed by atoms with Crippen LogP contribution in [0.4, 0.5) is 10.3 Å². The van der Waals surface area contributed by atoms with Gasteiger partial charge >= 0.3 is 0 Å². The van der Waals surface area contributed by atoms with Gasteiger partial charge < -0.3 is 41.3 Å². The van der Waals surface area contributed by atoms with Gasteiger partial charge in [0.2, 0.25) is 17.6 Å². The van der Waals surface area contributed by atoms with E-state index in [0.717, 1.165) is 139 Å². The molecule has 0 bridgehead atoms. The molecular weight excluding hydrogens is 1340 g/mol. The molecule has 22 heteroatoms. The number of aromatic nitrogens is 12. The number of aromatic amines is 4. The number of anilines is 2. The highest BCUT2D eigenvalue weighted by Crippen LogP contribution is 2.32. The normalized spacial score (nSPS) is 11.2. The summed E-state index contributed by atoms with van der Waals surface area (Å²) in [6, 6.07) is 42.7. The van der Waals surface area contributed by atoms with Crippen LogP contribution in [-0.4, -0.2) is 82.9 Å². The zero-order valence-corrected chi connectivity index (χ0v) is 60.7. The zero-order chi connectivity index (χ0) is 71.5. The molecule has 0 fully saturated rings. The van der Waals surface area contributed by atoms with Gasteiger partial charge in [0.15, 0.2) is 10.3 Å². The Morgan fingerprint density at radius 2 is 1.11 bits per heavy atom. The summed E-state index contributed by atoms with van der Waals surface area (Å²) in [6.07, 6.45) is 24.2. The predicted molar refractivity (Wildman–Crippen MR) is 420 cm³/mol. The third-order valence-corrected chi connectivity index (χ3v) is 19.9. The Morgan fingerprint density at radius 3 is 1.69 bits per heavy atom. The first-order valence-corrected chi connectivity index (χ1v) is 36.1. The molecule has 14 aromatic rings. The smallest absolute Gasteiger partial charge is 0.247 e. The van der Waals surface area contributed by atoms with E-state index in [4.69, 9.17) is 17.0 Å². The van der Waals surface area contributed by atoms with Crippen molar-refractivity contribution in [1.29, 1.82) is 5.41 Å². The van der Waals surface area contributed by atoms with Crippen molar-refractivity contribution in [2.24, 2.45) is 0 Å². The summed E-state index contributed by atoms with van der Waals surface area (Å²) in [4.78, 5) is 77.7. The number of thiazole rings is 2. The number of nitrogens with one attached hydrogen (secondary N) is 8. The van der Waals surface area contributed by atoms with Crippen LogP contribution in [0.15, 0.2) is 194 Å². The molecule has 0 aliphatic rings. The molecule has 103 heavy (non-hydrogen) atoms. The van der Waals surface area contributed by atoms with E-state index in [-0.39, 0.29) is 25.0 Å². The number of fused-ring (bicyclic) bond motifs is 4. The first-order valence-electron chi connectivity index (χ1n) is 34.1. The van der Waals surface area contributed by atoms with E-state index in [1.54, 1.807) is 60.1 Å². The Kier molecular flexibility index (Phi) is 26.1. The molecule has 0 radical (unpaired) electrons. The van der Waals surface area contributed by atoms with Crippen LogP contribution in [0.2, 0.25) is 5.15 Å². The number of ketones is 1. The number of benzene rings is 3. The molecular formula is C81H87ClN16O3S2. The van der Waals surface area contributed by atoms with Crippen molar-refractivity contribution in [2.75, 3.05) is 10.6 Å². The van der Waals surface area contributed by atoms with Crippen molar-refractivity contribution in [2.45, 2.75) is 133 Å². The summed E-state index contributed by atoms with van der Waals surface area (Å²) in [6.45, 7) is 15.3. The standard InChI is InChI=1S/C23H26N4O.C19H17ClN4S.C19H16N4OS.C19H24N4O.CH4/c1-16(24)21(14-19-15-26-23-20(19)11-7-13-25-23)17(2)27-22(28)12-6-10-18-8-4-3-5-9-18;1-12-4-6-13(7-5-12)10-23-19-24-17(20)16(25-19)9-14-11-22-18-15(14)3-2-8-21-18;1-12-4-6-13(7-5-12)9-22-19-23-11-16(25-19)17(24)15-10-21-18-14(15)3-2-8-20-18;1-4-5-6-9-18(24)23-14(3)17(13(2)22-23)11-15-12-21-19-16(15)8-7-10-20-19;/h3-5,7-9,11,13,15,24H,6,10,12,14H2,1-2H3,(H,25,26)(H,27,28);2-8,11H,9-10H2,1H3,(H,21,22)(H,23,24);2-8,10-11H,9H2,1H3,(H,20,21)(H,22,23);7-8,10,12H,4-6,9,11H2,1-3H3,(H,20,21);1H4/b21-17-,24-16?;;;;. The summed E-state index contributed by atoms with van der Waals surface area (Å²) in [5.74, 6) is 0.0452. The Morgan fingerprint density at radius 1 is 0.573 bits per heavy atom. The summed E-state index contributed by atoms with van der Waals surface area (Å²) in [5.41, 5.74) is 18.6. The lowest BCUT2D eigenvalue weighted by molar-refractivity contribution is -0.120. The first-order chi connectivity index (χ1) is 49.5. The van der Waals surface area contributed by atoms with E-state index in [0.29, 0.717) is 52.8 Å². The maximum Gasteiger partial charge on any atom is 0.247 e. The van der Waals surface area contributed by atoms with Gasteiger partial charge in [-0.05, 0) is 148 Å². The number of pyridine rings is 4. The molecule has 0 saturated carbocycles. The lowest BCUT2D eigenvalue weighted by atomic mass is 10.00. The number of aryl methyl sites for hydroxylation is 4. The van der Waals surface area contributed by atoms with Gasteiger partial charge in [-0.15, -0.1) is 11.3 Å². The highest BCUT2D eigenvalue weighted by atomic mass is 35.5. The van der Waals surface area contributed by atoms with Crippen LogP contribution in [0.3, 0.4) is 0 Å². The van der Waals surface area contributed by atoms with Gasteiger partial charge in [-0.3, -0.25) is 14.4 Å². The summed E-state index contributed by atoms with van der Waals surface area (Å²) in [7, 11) is 0. The van der Waals surface area contributed by atoms with Crippen molar-refractivity contribution in [1.82, 2.24) is 64.9 Å². The minimum atomic E-state index is -0.0415. The van der Waals surface area contributed by atoms with Crippen LogP contribution >= 0.6 is 34.3 Å². The van der Waals surface area contributed by atoms with Gasteiger partial charge in [0.1, 0.15) is 27.7 Å². The number of rotatable bonds is 24. The third kappa shape index (κ3) is 19.8. The van der Waals surface area contributed by atoms with Gasteiger partial charge in [-0.25, -0.2) is 34.6 Å². The molecule has 3 aromatic carbocycles. The topological polar surface area (TPSA) is 269 Å². The molecule has 8 N–H and O–H groups in total. The molecule has 14 rings (SSSR count). The highest BCUT2D eigenvalue weighted by Gasteiger charge is 2.21. The molecule has 11 aromatic heterocycles. The van der Waals surface area contributed by atoms with Gasteiger partial charge in [0.25, 0.3) is 0 Å². The Labute approximate surface area is 613 Å². The average Bonchev–Trinajstić information content (AvgIpc) is 1.67. The number of halogens is 1. The number of unbranched alkanes of at least 4 members (excludes halogenated alkanes) is 2. The van der Waals surface area contributed by atoms with Gasteiger partial charge in [0, 0.05) is 139 Å². The van der Waals surface area contributed by atoms with E-state index in [1.165, 1.54) is 50.3 Å². The number of allylic oxidation sites excluding steroid dienone is 2. The second kappa shape index (κ2) is 36.0. The van der Waals surface area contributed by atoms with Crippen molar-refractivity contribution in [3.05, 3.63) is 276 Å². The fourth-order valence-corrected chi connectivity index (χ4v) is 13.8. The fraction of sp³-hybridized carbons (Fsp3) is 0.247. The number of hydrogen-bond acceptors (Lipinski definition) is 15. The third-order valence-electron chi connectivity index (χ3n) is 17.5. The summed E-state index contributed by atoms with van der Waals surface area (Å²) < 4.78 is 1.59. The molecule has 11 heterocycles. The van der Waals surface area contributed by atoms with Crippen LogP contribution in [0, 0.1) is 33.1 Å². The van der Waals surface area contributed by atoms with Crippen LogP contribution in [0.1, 0.15) is 153 Å². The predicted octanol–water partition coefficient (Wildman–Crippen LogP) is 18.7. The van der Waals surface area contributed by atoms with Crippen molar-refractivity contribution < 1.29 is 14.4 Å². The van der Waals surface area contributed by atoms with E-state index < -0.39 is 0 Å². The van der Waals surface area contributed by atoms with Crippen molar-refractivity contribution in [3.63, 3.8) is 0 Å². The SMILES string of the molecule is C.CC(=N)/C(Cc1c[nH]c2ncccc12)=C(/C)NC(=O)CCCc1ccccc1.CCCCCC(=O)n1nc(C)c(Cc2c[nH]c3ncccc23)c1C.Cc1ccc(CNc2nc(Cl)c(Cc3c[nH]c4ncccc34)s2)cc1.Cc1ccc(CNc2ncc(C(=O)c3c[nH]c4ncccc34)s2)cc1. The lowest BCUT2D eigenvalue weighted by Crippen LogP contribution is -2.24. The monoisotopic (exact) mass is 1430 g/mol. The Hall–Kier alpha value is -11.0. The largest absolute Gasteiger partial charge is 0.357 e. The fourth-order valence-electron chi connectivity index (χ4n) is 11.8. The van der Waals surface area contributed by atoms with Crippen molar-refractivity contribution >= 4 is 112 Å². The minimum Gasteiger partial charge on any atom is -0.357 e. The van der Waals surface area contributed by atoms with Crippen LogP contribution in [0.25, 0.3) is 44.1 Å². The van der Waals surface area contributed by atoms with Crippen molar-refractivity contribution in [3.8, 4) is 0 Å². The van der Waals surface area contributed by atoms with E-state index in [1.807, 2.05) is 94.0 Å². The first kappa shape index (κ1) is 74.7. The maximum atomic E-state index is 12.7. The highest BCUT2D eigenvalue weighted by molar-refractivity contribution is 7.17. The number of nitrogens with zero attached hydrogens (tertiary/aromatic N) is 8. The second-order valence-corrected chi connectivity index (χ2v) is 27.5. The van der Waals surface area contributed by atoms with Crippen LogP contribution in [-0.2, 0) is 43.6 Å². The lowest BCUT2D eigenvalue weighted by Gasteiger charge is -2.13. The number of H-pyrrole nitrogens is 4. The molecule has 0 aliphatic heterocycles. The second-order valence-electron chi connectivity index (χ2n) is 25.1. The molecule has 19 nitrogen and oxygen atoms in total. The minimum absolute atomic E-state index is 0. The quantitative estimate of drug-likeness (QED) is 0.0159. The van der Waals surface area contributed by atoms with Crippen LogP contribution in [0.5, 0.6) is 0 Å². The maximum absolute atomic E-state index is 12.7. The number of amides is 1. The van der Waals surface area contributed by atoms with E-state index >= 15 is 0 Å². The average molecular weight is 1430 g/mol. The zero-order valence-electron chi connectivity index (χ0n) is 58.3. The Bertz CT molecular complexity index is 5190. The summed E-state index contributed by atoms with van der Waals surface area (Å²) >= 11 is 9.31. The summed E-state index contributed by atoms with van der Waals surface area (Å²) in [5, 5.41) is 28.5. The molecule has 0 spiro atoms. The van der Waals surface area contributed by atoms with E-state index in [9.17, 15) is 14.4 Å². The number of carbonyl (C=O) groups is 3. The van der Waals surface area contributed by atoms with Gasteiger partial charge in [-0.2, -0.15) is 5.10 Å².